The molecule has 4 heteroatoms. The van der Waals surface area contributed by atoms with E-state index in [1.165, 1.54) is 6.08 Å². The molecule has 0 unspecified atom stereocenters. The topological polar surface area (TPSA) is 59.3 Å². The first-order valence-corrected chi connectivity index (χ1v) is 5.14. The van der Waals surface area contributed by atoms with Gasteiger partial charge in [0.05, 0.1) is 13.7 Å². The van der Waals surface area contributed by atoms with E-state index in [9.17, 15) is 4.79 Å². The standard InChI is InChI=1S/C13H13NO3/c1-3-17-13(15)11(9-14)7-10-5-4-6-12(8-10)16-2/h4-8H,3H2,1-2H3. The first-order valence-electron chi connectivity index (χ1n) is 5.14. The fraction of sp³-hybridized carbons (Fsp3) is 0.231. The summed E-state index contributed by atoms with van der Waals surface area (Å²) < 4.78 is 9.81. The lowest BCUT2D eigenvalue weighted by Gasteiger charge is -2.02. The van der Waals surface area contributed by atoms with E-state index in [1.807, 2.05) is 6.07 Å². The zero-order valence-electron chi connectivity index (χ0n) is 9.77. The first kappa shape index (κ1) is 12.8. The van der Waals surface area contributed by atoms with Gasteiger partial charge in [0.1, 0.15) is 17.4 Å². The highest BCUT2D eigenvalue weighted by atomic mass is 16.5. The predicted molar refractivity (Wildman–Crippen MR) is 63.2 cm³/mol. The zero-order chi connectivity index (χ0) is 12.7. The van der Waals surface area contributed by atoms with Crippen LogP contribution in [-0.4, -0.2) is 19.7 Å². The minimum absolute atomic E-state index is 0.0277. The molecule has 0 fully saturated rings. The van der Waals surface area contributed by atoms with Crippen LogP contribution in [-0.2, 0) is 9.53 Å². The third-order valence-corrected chi connectivity index (χ3v) is 2.02. The quantitative estimate of drug-likeness (QED) is 0.452. The Bertz CT molecular complexity index is 472. The summed E-state index contributed by atoms with van der Waals surface area (Å²) in [6.45, 7) is 1.94. The van der Waals surface area contributed by atoms with Crippen LogP contribution in [0, 0.1) is 11.3 Å². The second-order valence-corrected chi connectivity index (χ2v) is 3.17. The average Bonchev–Trinajstić information content (AvgIpc) is 2.36. The Morgan fingerprint density at radius 3 is 2.88 bits per heavy atom. The number of nitrogens with zero attached hydrogens (tertiary/aromatic N) is 1. The molecule has 0 bridgehead atoms. The van der Waals surface area contributed by atoms with Gasteiger partial charge in [-0.25, -0.2) is 4.79 Å². The summed E-state index contributed by atoms with van der Waals surface area (Å²) in [7, 11) is 1.55. The Balaban J connectivity index is 2.98. The molecule has 4 nitrogen and oxygen atoms in total. The lowest BCUT2D eigenvalue weighted by molar-refractivity contribution is -0.137. The second kappa shape index (κ2) is 6.33. The lowest BCUT2D eigenvalue weighted by Crippen LogP contribution is -2.05. The van der Waals surface area contributed by atoms with Gasteiger partial charge in [-0.3, -0.25) is 0 Å². The lowest BCUT2D eigenvalue weighted by atomic mass is 10.1. The summed E-state index contributed by atoms with van der Waals surface area (Å²) in [6, 6.07) is 8.90. The second-order valence-electron chi connectivity index (χ2n) is 3.17. The monoisotopic (exact) mass is 231 g/mol. The molecule has 1 rings (SSSR count). The van der Waals surface area contributed by atoms with Gasteiger partial charge in [0.2, 0.25) is 0 Å². The maximum atomic E-state index is 11.4. The van der Waals surface area contributed by atoms with Gasteiger partial charge in [-0.05, 0) is 30.7 Å². The Morgan fingerprint density at radius 1 is 1.53 bits per heavy atom. The molecule has 88 valence electrons. The average molecular weight is 231 g/mol. The molecule has 0 saturated heterocycles. The summed E-state index contributed by atoms with van der Waals surface area (Å²) in [5, 5.41) is 8.86. The van der Waals surface area contributed by atoms with E-state index in [-0.39, 0.29) is 12.2 Å². The normalized spacial score (nSPS) is 10.5. The number of nitriles is 1. The van der Waals surface area contributed by atoms with E-state index >= 15 is 0 Å². The van der Waals surface area contributed by atoms with Gasteiger partial charge < -0.3 is 9.47 Å². The Morgan fingerprint density at radius 2 is 2.29 bits per heavy atom. The van der Waals surface area contributed by atoms with E-state index in [0.717, 1.165) is 0 Å². The van der Waals surface area contributed by atoms with Crippen LogP contribution in [0.3, 0.4) is 0 Å². The summed E-state index contributed by atoms with van der Waals surface area (Å²) in [4.78, 5) is 11.4. The fourth-order valence-corrected chi connectivity index (χ4v) is 1.24. The van der Waals surface area contributed by atoms with E-state index < -0.39 is 5.97 Å². The van der Waals surface area contributed by atoms with Gasteiger partial charge in [0.15, 0.2) is 0 Å². The Kier molecular flexibility index (Phi) is 4.77. The van der Waals surface area contributed by atoms with Crippen LogP contribution in [0.2, 0.25) is 0 Å². The van der Waals surface area contributed by atoms with Crippen molar-refractivity contribution in [2.24, 2.45) is 0 Å². The molecule has 1 aromatic rings. The maximum Gasteiger partial charge on any atom is 0.348 e. The zero-order valence-corrected chi connectivity index (χ0v) is 9.77. The highest BCUT2D eigenvalue weighted by Gasteiger charge is 2.09. The number of esters is 1. The first-order chi connectivity index (χ1) is 8.21. The molecule has 0 aliphatic heterocycles. The van der Waals surface area contributed by atoms with Crippen LogP contribution < -0.4 is 4.74 Å². The number of methoxy groups -OCH3 is 1. The van der Waals surface area contributed by atoms with Crippen molar-refractivity contribution in [3.8, 4) is 11.8 Å². The number of hydrogen-bond acceptors (Lipinski definition) is 4. The van der Waals surface area contributed by atoms with Crippen LogP contribution in [0.1, 0.15) is 12.5 Å². The number of ether oxygens (including phenoxy) is 2. The molecule has 0 aliphatic carbocycles. The van der Waals surface area contributed by atoms with Crippen molar-refractivity contribution in [1.29, 1.82) is 5.26 Å². The van der Waals surface area contributed by atoms with Gasteiger partial charge in [-0.2, -0.15) is 5.26 Å². The molecule has 0 heterocycles. The molecule has 0 aromatic heterocycles. The SMILES string of the molecule is CCOC(=O)C(C#N)=Cc1cccc(OC)c1. The molecular weight excluding hydrogens is 218 g/mol. The molecule has 0 atom stereocenters. The van der Waals surface area contributed by atoms with E-state index in [1.54, 1.807) is 38.3 Å². The molecule has 0 amide bonds. The van der Waals surface area contributed by atoms with E-state index in [2.05, 4.69) is 0 Å². The number of carbonyl (C=O) groups excluding carboxylic acids is 1. The number of rotatable bonds is 4. The summed E-state index contributed by atoms with van der Waals surface area (Å²) in [5.41, 5.74) is 0.689. The van der Waals surface area contributed by atoms with Crippen LogP contribution >= 0.6 is 0 Å². The number of benzene rings is 1. The third-order valence-electron chi connectivity index (χ3n) is 2.02. The van der Waals surface area contributed by atoms with Crippen LogP contribution in [0.15, 0.2) is 29.8 Å². The molecule has 0 spiro atoms. The Labute approximate surface area is 100 Å². The third kappa shape index (κ3) is 3.65. The maximum absolute atomic E-state index is 11.4. The highest BCUT2D eigenvalue weighted by Crippen LogP contribution is 2.15. The van der Waals surface area contributed by atoms with Gasteiger partial charge in [0, 0.05) is 0 Å². The molecule has 17 heavy (non-hydrogen) atoms. The molecule has 0 saturated carbocycles. The van der Waals surface area contributed by atoms with Crippen molar-refractivity contribution in [2.45, 2.75) is 6.92 Å². The minimum atomic E-state index is -0.613. The molecule has 0 radical (unpaired) electrons. The molecular formula is C13H13NO3. The predicted octanol–water partition coefficient (Wildman–Crippen LogP) is 2.17. The van der Waals surface area contributed by atoms with Gasteiger partial charge in [0.25, 0.3) is 0 Å². The summed E-state index contributed by atoms with van der Waals surface area (Å²) >= 11 is 0. The van der Waals surface area contributed by atoms with E-state index in [0.29, 0.717) is 11.3 Å². The van der Waals surface area contributed by atoms with Crippen molar-refractivity contribution < 1.29 is 14.3 Å². The van der Waals surface area contributed by atoms with Crippen molar-refractivity contribution in [3.05, 3.63) is 35.4 Å². The van der Waals surface area contributed by atoms with Gasteiger partial charge in [-0.15, -0.1) is 0 Å². The molecule has 0 aliphatic rings. The smallest absolute Gasteiger partial charge is 0.348 e. The van der Waals surface area contributed by atoms with Gasteiger partial charge in [-0.1, -0.05) is 12.1 Å². The largest absolute Gasteiger partial charge is 0.497 e. The van der Waals surface area contributed by atoms with Crippen molar-refractivity contribution in [3.63, 3.8) is 0 Å². The molecule has 0 N–H and O–H groups in total. The van der Waals surface area contributed by atoms with Crippen LogP contribution in [0.4, 0.5) is 0 Å². The fourth-order valence-electron chi connectivity index (χ4n) is 1.24. The number of hydrogen-bond donors (Lipinski definition) is 0. The highest BCUT2D eigenvalue weighted by molar-refractivity contribution is 5.97. The van der Waals surface area contributed by atoms with Crippen molar-refractivity contribution >= 4 is 12.0 Å². The molecule has 1 aromatic carbocycles. The van der Waals surface area contributed by atoms with Crippen LogP contribution in [0.25, 0.3) is 6.08 Å². The van der Waals surface area contributed by atoms with Crippen LogP contribution in [0.5, 0.6) is 5.75 Å². The summed E-state index contributed by atoms with van der Waals surface area (Å²) in [5.74, 6) is 0.0534. The number of carbonyl (C=O) groups is 1. The van der Waals surface area contributed by atoms with E-state index in [4.69, 9.17) is 14.7 Å². The van der Waals surface area contributed by atoms with Crippen molar-refractivity contribution in [1.82, 2.24) is 0 Å². The minimum Gasteiger partial charge on any atom is -0.497 e. The summed E-state index contributed by atoms with van der Waals surface area (Å²) in [6.07, 6.45) is 1.47. The Hall–Kier alpha value is -2.28. The van der Waals surface area contributed by atoms with Crippen molar-refractivity contribution in [2.75, 3.05) is 13.7 Å². The van der Waals surface area contributed by atoms with Gasteiger partial charge >= 0.3 is 5.97 Å².